The fraction of sp³-hybridized carbons (Fsp3) is 0.786. The van der Waals surface area contributed by atoms with Crippen LogP contribution in [0.4, 0.5) is 0 Å². The van der Waals surface area contributed by atoms with Crippen molar-refractivity contribution in [1.29, 1.82) is 0 Å². The van der Waals surface area contributed by atoms with Gasteiger partial charge in [0, 0.05) is 6.42 Å². The van der Waals surface area contributed by atoms with Crippen LogP contribution >= 0.6 is 0 Å². The molecule has 16 heavy (non-hydrogen) atoms. The van der Waals surface area contributed by atoms with Crippen LogP contribution in [0.15, 0.2) is 11.1 Å². The Kier molecular flexibility index (Phi) is 7.11. The van der Waals surface area contributed by atoms with E-state index in [-0.39, 0.29) is 6.42 Å². The molecule has 0 aromatic carbocycles. The molecule has 0 amide bonds. The van der Waals surface area contributed by atoms with Crippen molar-refractivity contribution in [2.75, 3.05) is 0 Å². The van der Waals surface area contributed by atoms with Gasteiger partial charge >= 0.3 is 5.97 Å². The Morgan fingerprint density at radius 2 is 1.81 bits per heavy atom. The van der Waals surface area contributed by atoms with Crippen LogP contribution in [-0.4, -0.2) is 11.1 Å². The van der Waals surface area contributed by atoms with Crippen LogP contribution in [0.3, 0.4) is 0 Å². The minimum atomic E-state index is -0.687. The number of allylic oxidation sites excluding steroid dienone is 2. The number of carboxylic acids is 1. The lowest BCUT2D eigenvalue weighted by Gasteiger charge is -2.19. The highest BCUT2D eigenvalue weighted by molar-refractivity contribution is 5.66. The lowest BCUT2D eigenvalue weighted by molar-refractivity contribution is -0.137. The lowest BCUT2D eigenvalue weighted by atomic mass is 9.87. The normalized spacial score (nSPS) is 14.9. The smallest absolute Gasteiger partial charge is 0.303 e. The molecule has 94 valence electrons. The second kappa shape index (κ2) is 7.48. The zero-order chi connectivity index (χ0) is 12.7. The van der Waals surface area contributed by atoms with Gasteiger partial charge < -0.3 is 5.11 Å². The number of carboxylic acid groups (broad SMARTS) is 1. The van der Waals surface area contributed by atoms with Crippen molar-refractivity contribution in [3.05, 3.63) is 11.1 Å². The standard InChI is InChI=1S/C14H26O2/c1-6-13(7-8-14(15)16)12(5)11(4)9-10(2)3/h10,13H,6-9H2,1-5H3,(H,15,16)/b12-11+. The third-order valence-electron chi connectivity index (χ3n) is 3.20. The van der Waals surface area contributed by atoms with Crippen molar-refractivity contribution >= 4 is 5.97 Å². The highest BCUT2D eigenvalue weighted by Crippen LogP contribution is 2.26. The first kappa shape index (κ1) is 15.2. The Labute approximate surface area is 99.7 Å². The van der Waals surface area contributed by atoms with Crippen LogP contribution in [0.5, 0.6) is 0 Å². The molecule has 0 aliphatic rings. The second-order valence-electron chi connectivity index (χ2n) is 5.10. The van der Waals surface area contributed by atoms with Crippen molar-refractivity contribution in [2.45, 2.75) is 60.3 Å². The van der Waals surface area contributed by atoms with E-state index in [9.17, 15) is 4.79 Å². The van der Waals surface area contributed by atoms with Gasteiger partial charge in [-0.05, 0) is 44.9 Å². The largest absolute Gasteiger partial charge is 0.481 e. The van der Waals surface area contributed by atoms with Crippen molar-refractivity contribution in [2.24, 2.45) is 11.8 Å². The molecule has 0 heterocycles. The number of hydrogen-bond donors (Lipinski definition) is 1. The van der Waals surface area contributed by atoms with Gasteiger partial charge in [-0.3, -0.25) is 4.79 Å². The van der Waals surface area contributed by atoms with E-state index in [1.165, 1.54) is 11.1 Å². The van der Waals surface area contributed by atoms with Crippen LogP contribution in [0.1, 0.15) is 60.3 Å². The van der Waals surface area contributed by atoms with E-state index in [1.807, 2.05) is 0 Å². The molecule has 0 bridgehead atoms. The molecule has 0 aromatic heterocycles. The van der Waals surface area contributed by atoms with Gasteiger partial charge in [0.1, 0.15) is 0 Å². The summed E-state index contributed by atoms with van der Waals surface area (Å²) >= 11 is 0. The van der Waals surface area contributed by atoms with Gasteiger partial charge in [-0.2, -0.15) is 0 Å². The molecule has 0 saturated heterocycles. The highest BCUT2D eigenvalue weighted by atomic mass is 16.4. The Morgan fingerprint density at radius 1 is 1.25 bits per heavy atom. The third kappa shape index (κ3) is 5.94. The first-order valence-electron chi connectivity index (χ1n) is 6.26. The van der Waals surface area contributed by atoms with Crippen LogP contribution in [0.25, 0.3) is 0 Å². The van der Waals surface area contributed by atoms with E-state index < -0.39 is 5.97 Å². The molecule has 2 heteroatoms. The summed E-state index contributed by atoms with van der Waals surface area (Å²) in [6, 6.07) is 0. The average molecular weight is 226 g/mol. The minimum absolute atomic E-state index is 0.283. The van der Waals surface area contributed by atoms with Gasteiger partial charge in [-0.15, -0.1) is 0 Å². The van der Waals surface area contributed by atoms with E-state index in [2.05, 4.69) is 34.6 Å². The fourth-order valence-corrected chi connectivity index (χ4v) is 2.15. The Balaban J connectivity index is 4.49. The molecule has 0 aliphatic carbocycles. The van der Waals surface area contributed by atoms with Gasteiger partial charge in [-0.1, -0.05) is 31.9 Å². The molecule has 0 fully saturated rings. The molecule has 0 aliphatic heterocycles. The molecule has 0 saturated carbocycles. The summed E-state index contributed by atoms with van der Waals surface area (Å²) in [5, 5.41) is 8.71. The molecular formula is C14H26O2. The van der Waals surface area contributed by atoms with Crippen LogP contribution in [0.2, 0.25) is 0 Å². The summed E-state index contributed by atoms with van der Waals surface area (Å²) in [7, 11) is 0. The Morgan fingerprint density at radius 3 is 2.19 bits per heavy atom. The van der Waals surface area contributed by atoms with Crippen LogP contribution in [0, 0.1) is 11.8 Å². The predicted molar refractivity (Wildman–Crippen MR) is 68.5 cm³/mol. The van der Waals surface area contributed by atoms with Gasteiger partial charge in [0.15, 0.2) is 0 Å². The maximum atomic E-state index is 10.6. The molecule has 0 rings (SSSR count). The summed E-state index contributed by atoms with van der Waals surface area (Å²) in [5.74, 6) is 0.426. The second-order valence-corrected chi connectivity index (χ2v) is 5.10. The molecule has 1 N–H and O–H groups in total. The summed E-state index contributed by atoms with van der Waals surface area (Å²) in [6.45, 7) is 10.9. The average Bonchev–Trinajstić information content (AvgIpc) is 2.16. The van der Waals surface area contributed by atoms with E-state index in [4.69, 9.17) is 5.11 Å². The van der Waals surface area contributed by atoms with E-state index in [1.54, 1.807) is 0 Å². The van der Waals surface area contributed by atoms with Gasteiger partial charge in [0.2, 0.25) is 0 Å². The monoisotopic (exact) mass is 226 g/mol. The number of hydrogen-bond acceptors (Lipinski definition) is 1. The summed E-state index contributed by atoms with van der Waals surface area (Å²) in [6.07, 6.45) is 3.21. The quantitative estimate of drug-likeness (QED) is 0.658. The number of aliphatic carboxylic acids is 1. The molecule has 1 atom stereocenters. The number of rotatable bonds is 7. The zero-order valence-corrected chi connectivity index (χ0v) is 11.3. The SMILES string of the molecule is CCC(CCC(=O)O)/C(C)=C(\C)CC(C)C. The van der Waals surface area contributed by atoms with E-state index >= 15 is 0 Å². The van der Waals surface area contributed by atoms with Crippen LogP contribution in [-0.2, 0) is 4.79 Å². The third-order valence-corrected chi connectivity index (χ3v) is 3.20. The topological polar surface area (TPSA) is 37.3 Å². The molecule has 2 nitrogen and oxygen atoms in total. The van der Waals surface area contributed by atoms with Crippen molar-refractivity contribution in [3.63, 3.8) is 0 Å². The van der Waals surface area contributed by atoms with Crippen molar-refractivity contribution in [3.8, 4) is 0 Å². The van der Waals surface area contributed by atoms with Gasteiger partial charge in [0.05, 0.1) is 0 Å². The fourth-order valence-electron chi connectivity index (χ4n) is 2.15. The first-order chi connectivity index (χ1) is 7.38. The maximum absolute atomic E-state index is 10.6. The summed E-state index contributed by atoms with van der Waals surface area (Å²) < 4.78 is 0. The molecule has 0 spiro atoms. The van der Waals surface area contributed by atoms with Crippen LogP contribution < -0.4 is 0 Å². The lowest BCUT2D eigenvalue weighted by Crippen LogP contribution is -2.07. The molecule has 0 radical (unpaired) electrons. The zero-order valence-electron chi connectivity index (χ0n) is 11.3. The molecule has 1 unspecified atom stereocenters. The summed E-state index contributed by atoms with van der Waals surface area (Å²) in [5.41, 5.74) is 2.84. The maximum Gasteiger partial charge on any atom is 0.303 e. The van der Waals surface area contributed by atoms with Crippen molar-refractivity contribution in [1.82, 2.24) is 0 Å². The first-order valence-corrected chi connectivity index (χ1v) is 6.26. The molecular weight excluding hydrogens is 200 g/mol. The van der Waals surface area contributed by atoms with Crippen molar-refractivity contribution < 1.29 is 9.90 Å². The van der Waals surface area contributed by atoms with Gasteiger partial charge in [0.25, 0.3) is 0 Å². The Bertz CT molecular complexity index is 251. The van der Waals surface area contributed by atoms with E-state index in [0.717, 1.165) is 19.3 Å². The predicted octanol–water partition coefficient (Wildman–Crippen LogP) is 4.26. The highest BCUT2D eigenvalue weighted by Gasteiger charge is 2.13. The number of carbonyl (C=O) groups is 1. The van der Waals surface area contributed by atoms with E-state index in [0.29, 0.717) is 11.8 Å². The summed E-state index contributed by atoms with van der Waals surface area (Å²) in [4.78, 5) is 10.6. The Hall–Kier alpha value is -0.790. The van der Waals surface area contributed by atoms with Gasteiger partial charge in [-0.25, -0.2) is 0 Å². The molecule has 0 aromatic rings. The minimum Gasteiger partial charge on any atom is -0.481 e.